The van der Waals surface area contributed by atoms with Crippen LogP contribution in [0.5, 0.6) is 0 Å². The minimum Gasteiger partial charge on any atom is -0.467 e. The van der Waals surface area contributed by atoms with Crippen molar-refractivity contribution in [3.05, 3.63) is 35.9 Å². The van der Waals surface area contributed by atoms with E-state index in [-0.39, 0.29) is 19.1 Å². The molecule has 0 aromatic heterocycles. The number of carbonyl (C=O) groups is 5. The largest absolute Gasteiger partial charge is 0.467 e. The van der Waals surface area contributed by atoms with Crippen LogP contribution in [0.15, 0.2) is 30.3 Å². The molecule has 0 spiro atoms. The number of rotatable bonds is 12. The van der Waals surface area contributed by atoms with Crippen molar-refractivity contribution < 1.29 is 33.4 Å². The minimum atomic E-state index is -1.28. The van der Waals surface area contributed by atoms with E-state index in [9.17, 15) is 24.0 Å². The van der Waals surface area contributed by atoms with Crippen molar-refractivity contribution in [1.82, 2.24) is 21.3 Å². The van der Waals surface area contributed by atoms with E-state index in [0.29, 0.717) is 6.42 Å². The van der Waals surface area contributed by atoms with Gasteiger partial charge in [0.15, 0.2) is 0 Å². The Hall–Kier alpha value is -3.63. The second kappa shape index (κ2) is 13.8. The van der Waals surface area contributed by atoms with E-state index in [0.717, 1.165) is 5.56 Å². The molecular weight excluding hydrogens is 444 g/mol. The molecule has 0 unspecified atom stereocenters. The molecule has 11 heteroatoms. The van der Waals surface area contributed by atoms with E-state index in [2.05, 4.69) is 26.0 Å². The molecule has 0 heterocycles. The number of esters is 1. The average Bonchev–Trinajstić information content (AvgIpc) is 2.79. The Labute approximate surface area is 199 Å². The number of ether oxygens (including phenoxy) is 2. The summed E-state index contributed by atoms with van der Waals surface area (Å²) >= 11 is 0. The zero-order chi connectivity index (χ0) is 25.7. The van der Waals surface area contributed by atoms with Crippen LogP contribution in [0, 0.1) is 5.92 Å². The maximum absolute atomic E-state index is 12.6. The third-order valence-corrected chi connectivity index (χ3v) is 4.54. The Kier molecular flexibility index (Phi) is 11.5. The quantitative estimate of drug-likeness (QED) is 0.322. The Morgan fingerprint density at radius 1 is 0.941 bits per heavy atom. The van der Waals surface area contributed by atoms with Gasteiger partial charge in [0.1, 0.15) is 24.7 Å². The topological polar surface area (TPSA) is 152 Å². The maximum Gasteiger partial charge on any atom is 0.407 e. The second-order valence-corrected chi connectivity index (χ2v) is 8.55. The number of hydrogen-bond donors (Lipinski definition) is 4. The number of methoxy groups -OCH3 is 1. The predicted octanol–water partition coefficient (Wildman–Crippen LogP) is 0.628. The number of nitrogens with one attached hydrogen (secondary N) is 4. The highest BCUT2D eigenvalue weighted by Gasteiger charge is 2.33. The summed E-state index contributed by atoms with van der Waals surface area (Å²) in [5.41, 5.74) is -0.477. The molecule has 0 bridgehead atoms. The van der Waals surface area contributed by atoms with Crippen molar-refractivity contribution in [2.45, 2.75) is 52.3 Å². The lowest BCUT2D eigenvalue weighted by molar-refractivity contribution is -0.149. The van der Waals surface area contributed by atoms with Gasteiger partial charge in [-0.05, 0) is 31.7 Å². The van der Waals surface area contributed by atoms with Crippen LogP contribution in [-0.2, 0) is 35.3 Å². The molecular formula is C23H34N4O7. The molecule has 0 aliphatic rings. The van der Waals surface area contributed by atoms with Crippen LogP contribution in [0.4, 0.5) is 4.79 Å². The van der Waals surface area contributed by atoms with E-state index >= 15 is 0 Å². The predicted molar refractivity (Wildman–Crippen MR) is 123 cm³/mol. The van der Waals surface area contributed by atoms with Gasteiger partial charge < -0.3 is 30.7 Å². The molecule has 34 heavy (non-hydrogen) atoms. The van der Waals surface area contributed by atoms with Crippen LogP contribution in [0.2, 0.25) is 0 Å². The van der Waals surface area contributed by atoms with E-state index in [4.69, 9.17) is 4.74 Å². The van der Waals surface area contributed by atoms with Gasteiger partial charge in [0, 0.05) is 0 Å². The average molecular weight is 479 g/mol. The van der Waals surface area contributed by atoms with Gasteiger partial charge in [0.25, 0.3) is 0 Å². The van der Waals surface area contributed by atoms with Crippen molar-refractivity contribution in [2.75, 3.05) is 20.2 Å². The van der Waals surface area contributed by atoms with Crippen LogP contribution in [0.25, 0.3) is 0 Å². The molecule has 0 aliphatic carbocycles. The summed E-state index contributed by atoms with van der Waals surface area (Å²) < 4.78 is 9.67. The lowest BCUT2D eigenvalue weighted by Crippen LogP contribution is -2.57. The summed E-state index contributed by atoms with van der Waals surface area (Å²) in [6.07, 6.45) is -0.456. The third-order valence-electron chi connectivity index (χ3n) is 4.54. The summed E-state index contributed by atoms with van der Waals surface area (Å²) in [7, 11) is 1.21. The van der Waals surface area contributed by atoms with E-state index in [1.165, 1.54) is 21.0 Å². The van der Waals surface area contributed by atoms with Crippen LogP contribution < -0.4 is 21.3 Å². The zero-order valence-electron chi connectivity index (χ0n) is 20.2. The Balaban J connectivity index is 2.46. The number of amides is 4. The van der Waals surface area contributed by atoms with Crippen LogP contribution in [0.1, 0.15) is 39.7 Å². The van der Waals surface area contributed by atoms with E-state index < -0.39 is 47.9 Å². The van der Waals surface area contributed by atoms with Gasteiger partial charge in [-0.3, -0.25) is 14.4 Å². The molecule has 1 rings (SSSR count). The molecule has 0 saturated heterocycles. The lowest BCUT2D eigenvalue weighted by atomic mass is 10.0. The van der Waals surface area contributed by atoms with Gasteiger partial charge in [0.2, 0.25) is 17.7 Å². The number of alkyl carbamates (subject to hydrolysis) is 1. The molecule has 0 radical (unpaired) electrons. The van der Waals surface area contributed by atoms with Gasteiger partial charge in [-0.15, -0.1) is 0 Å². The Morgan fingerprint density at radius 2 is 1.56 bits per heavy atom. The van der Waals surface area contributed by atoms with Crippen LogP contribution >= 0.6 is 0 Å². The summed E-state index contributed by atoms with van der Waals surface area (Å²) in [4.78, 5) is 60.4. The fraction of sp³-hybridized carbons (Fsp3) is 0.522. The molecule has 1 aromatic rings. The van der Waals surface area contributed by atoms with Crippen LogP contribution in [-0.4, -0.2) is 61.6 Å². The fourth-order valence-electron chi connectivity index (χ4n) is 2.82. The summed E-state index contributed by atoms with van der Waals surface area (Å²) in [6.45, 7) is 6.01. The van der Waals surface area contributed by atoms with Gasteiger partial charge in [-0.1, -0.05) is 44.2 Å². The van der Waals surface area contributed by atoms with Crippen molar-refractivity contribution >= 4 is 29.8 Å². The fourth-order valence-corrected chi connectivity index (χ4v) is 2.82. The summed E-state index contributed by atoms with van der Waals surface area (Å²) in [6, 6.07) is 8.13. The zero-order valence-corrected chi connectivity index (χ0v) is 20.2. The van der Waals surface area contributed by atoms with Crippen molar-refractivity contribution in [3.8, 4) is 0 Å². The Bertz CT molecular complexity index is 856. The van der Waals surface area contributed by atoms with Gasteiger partial charge in [-0.2, -0.15) is 0 Å². The SMILES string of the molecule is COC(=O)C(C)(C)NC(=O)[C@H](CC(C)C)NC(=O)CNC(=O)CNC(=O)OCc1ccccc1. The minimum absolute atomic E-state index is 0.0583. The first-order chi connectivity index (χ1) is 15.9. The monoisotopic (exact) mass is 478 g/mol. The third kappa shape index (κ3) is 10.8. The number of benzene rings is 1. The molecule has 0 fully saturated rings. The highest BCUT2D eigenvalue weighted by molar-refractivity contribution is 5.93. The molecule has 1 atom stereocenters. The molecule has 4 amide bonds. The first-order valence-corrected chi connectivity index (χ1v) is 10.9. The molecule has 0 aliphatic heterocycles. The van der Waals surface area contributed by atoms with E-state index in [1.807, 2.05) is 32.0 Å². The maximum atomic E-state index is 12.6. The van der Waals surface area contributed by atoms with Crippen molar-refractivity contribution in [2.24, 2.45) is 5.92 Å². The summed E-state index contributed by atoms with van der Waals surface area (Å²) in [5, 5.41) is 9.77. The first-order valence-electron chi connectivity index (χ1n) is 10.9. The normalized spacial score (nSPS) is 11.7. The molecule has 4 N–H and O–H groups in total. The highest BCUT2D eigenvalue weighted by atomic mass is 16.5. The second-order valence-electron chi connectivity index (χ2n) is 8.55. The highest BCUT2D eigenvalue weighted by Crippen LogP contribution is 2.09. The van der Waals surface area contributed by atoms with Gasteiger partial charge in [-0.25, -0.2) is 9.59 Å². The lowest BCUT2D eigenvalue weighted by Gasteiger charge is -2.27. The molecule has 0 saturated carbocycles. The summed E-state index contributed by atoms with van der Waals surface area (Å²) in [5.74, 6) is -2.32. The van der Waals surface area contributed by atoms with Crippen molar-refractivity contribution in [3.63, 3.8) is 0 Å². The number of hydrogen-bond acceptors (Lipinski definition) is 7. The van der Waals surface area contributed by atoms with Crippen molar-refractivity contribution in [1.29, 1.82) is 0 Å². The smallest absolute Gasteiger partial charge is 0.407 e. The van der Waals surface area contributed by atoms with Gasteiger partial charge in [0.05, 0.1) is 13.7 Å². The number of carbonyl (C=O) groups excluding carboxylic acids is 5. The molecule has 11 nitrogen and oxygen atoms in total. The van der Waals surface area contributed by atoms with Gasteiger partial charge >= 0.3 is 12.1 Å². The first kappa shape index (κ1) is 28.4. The van der Waals surface area contributed by atoms with E-state index in [1.54, 1.807) is 12.1 Å². The standard InChI is InChI=1S/C23H34N4O7/c1-15(2)11-17(20(30)27-23(3,4)21(31)33-5)26-19(29)13-24-18(28)12-25-22(32)34-14-16-9-7-6-8-10-16/h6-10,15,17H,11-14H2,1-5H3,(H,24,28)(H,25,32)(H,26,29)(H,27,30)/t17-/m0/s1. The Morgan fingerprint density at radius 3 is 2.15 bits per heavy atom. The molecule has 188 valence electrons. The van der Waals surface area contributed by atoms with Crippen LogP contribution in [0.3, 0.4) is 0 Å². The molecule has 1 aromatic carbocycles.